The fraction of sp³-hybridized carbons (Fsp3) is 0.719. The number of thiol groups is 1. The Kier molecular flexibility index (Phi) is 46.5. The molecule has 534 valence electrons. The van der Waals surface area contributed by atoms with Gasteiger partial charge in [-0.2, -0.15) is 17.6 Å². The van der Waals surface area contributed by atoms with Crippen molar-refractivity contribution in [2.45, 2.75) is 141 Å². The Hall–Kier alpha value is -6.83. The Morgan fingerprint density at radius 2 is 1.10 bits per heavy atom. The van der Waals surface area contributed by atoms with Gasteiger partial charge < -0.3 is 95.8 Å². The SMILES string of the molecule is CCCCCCCCCCCCCC(=O)N(C)CC(=O)N(C)[C@@H](CS)C(=O)N(C)CCOCCOCC(=O)NCCOCCOCC(=O)NCCOCCOCC(=O)N[C@@H](CCCCNC(=O)CCCCOc1c(OC)cc(Cc2cnc(N)nc2N)cc1OC)C(N)=O. The smallest absolute Gasteiger partial charge is 0.246 e. The Morgan fingerprint density at radius 1 is 0.574 bits per heavy atom. The maximum atomic E-state index is 13.2. The van der Waals surface area contributed by atoms with Gasteiger partial charge in [-0.15, -0.1) is 0 Å². The van der Waals surface area contributed by atoms with Gasteiger partial charge in [0, 0.05) is 84.1 Å². The van der Waals surface area contributed by atoms with Gasteiger partial charge in [-0.3, -0.25) is 38.4 Å². The first-order valence-electron chi connectivity index (χ1n) is 32.8. The van der Waals surface area contributed by atoms with Crippen molar-refractivity contribution in [1.82, 2.24) is 45.9 Å². The fourth-order valence-corrected chi connectivity index (χ4v) is 9.66. The van der Waals surface area contributed by atoms with Gasteiger partial charge in [0.05, 0.1) is 86.8 Å². The molecule has 0 spiro atoms. The number of rotatable bonds is 58. The number of primary amides is 1. The van der Waals surface area contributed by atoms with Crippen LogP contribution in [0.25, 0.3) is 0 Å². The highest BCUT2D eigenvalue weighted by Gasteiger charge is 2.29. The molecular formula is C64H110N12O17S. The monoisotopic (exact) mass is 1350 g/mol. The molecule has 0 aliphatic heterocycles. The van der Waals surface area contributed by atoms with E-state index in [0.717, 1.165) is 24.8 Å². The van der Waals surface area contributed by atoms with Crippen LogP contribution in [0.1, 0.15) is 134 Å². The van der Waals surface area contributed by atoms with Crippen LogP contribution in [-0.4, -0.2) is 244 Å². The summed E-state index contributed by atoms with van der Waals surface area (Å²) in [6.07, 6.45) is 18.3. The molecule has 0 radical (unpaired) electrons. The van der Waals surface area contributed by atoms with E-state index in [4.69, 9.17) is 59.8 Å². The zero-order chi connectivity index (χ0) is 69.1. The highest BCUT2D eigenvalue weighted by molar-refractivity contribution is 7.80. The number of carbonyl (C=O) groups is 8. The number of nitrogens with one attached hydrogen (secondary N) is 4. The lowest BCUT2D eigenvalue weighted by atomic mass is 10.1. The van der Waals surface area contributed by atoms with E-state index in [1.807, 2.05) is 12.1 Å². The average molecular weight is 1350 g/mol. The molecule has 0 aliphatic rings. The molecule has 2 aromatic rings. The topological polar surface area (TPSA) is 381 Å². The molecule has 1 aromatic heterocycles. The van der Waals surface area contributed by atoms with Crippen LogP contribution in [0.4, 0.5) is 11.8 Å². The van der Waals surface area contributed by atoms with E-state index in [1.54, 1.807) is 27.3 Å². The quantitative estimate of drug-likeness (QED) is 0.0349. The summed E-state index contributed by atoms with van der Waals surface area (Å²) in [5, 5.41) is 10.8. The van der Waals surface area contributed by atoms with Crippen LogP contribution in [0, 0.1) is 0 Å². The predicted molar refractivity (Wildman–Crippen MR) is 358 cm³/mol. The number of hydrogen-bond donors (Lipinski definition) is 8. The number of likely N-dealkylation sites (N-methyl/N-ethyl adjacent to an activating group) is 3. The first-order chi connectivity index (χ1) is 45.3. The van der Waals surface area contributed by atoms with Crippen molar-refractivity contribution < 1.29 is 81.0 Å². The van der Waals surface area contributed by atoms with Gasteiger partial charge in [0.2, 0.25) is 59.0 Å². The minimum Gasteiger partial charge on any atom is -0.493 e. The maximum absolute atomic E-state index is 13.2. The number of nitrogens with zero attached hydrogens (tertiary/aromatic N) is 5. The van der Waals surface area contributed by atoms with Crippen LogP contribution in [0.3, 0.4) is 0 Å². The summed E-state index contributed by atoms with van der Waals surface area (Å²) in [5.74, 6) is -0.905. The summed E-state index contributed by atoms with van der Waals surface area (Å²) >= 11 is 4.33. The van der Waals surface area contributed by atoms with Crippen LogP contribution >= 0.6 is 12.6 Å². The van der Waals surface area contributed by atoms with Crippen LogP contribution in [-0.2, 0) is 73.2 Å². The number of hydrogen-bond acceptors (Lipinski definition) is 22. The van der Waals surface area contributed by atoms with E-state index in [0.29, 0.717) is 74.5 Å². The van der Waals surface area contributed by atoms with E-state index < -0.39 is 23.9 Å². The van der Waals surface area contributed by atoms with E-state index in [2.05, 4.69) is 50.8 Å². The zero-order valence-corrected chi connectivity index (χ0v) is 57.5. The molecule has 0 fully saturated rings. The molecule has 2 atom stereocenters. The summed E-state index contributed by atoms with van der Waals surface area (Å²) < 4.78 is 49.7. The largest absolute Gasteiger partial charge is 0.493 e. The van der Waals surface area contributed by atoms with Gasteiger partial charge >= 0.3 is 0 Å². The Bertz CT molecular complexity index is 2480. The van der Waals surface area contributed by atoms with Crippen LogP contribution in [0.5, 0.6) is 17.2 Å². The first-order valence-corrected chi connectivity index (χ1v) is 33.4. The van der Waals surface area contributed by atoms with Gasteiger partial charge in [0.25, 0.3) is 0 Å². The molecule has 0 unspecified atom stereocenters. The van der Waals surface area contributed by atoms with Gasteiger partial charge in [0.1, 0.15) is 37.7 Å². The lowest BCUT2D eigenvalue weighted by Crippen LogP contribution is -2.52. The number of amides is 8. The summed E-state index contributed by atoms with van der Waals surface area (Å²) in [6.45, 7) is 4.34. The molecule has 30 heteroatoms. The maximum Gasteiger partial charge on any atom is 0.246 e. The van der Waals surface area contributed by atoms with Crippen LogP contribution in [0.15, 0.2) is 18.3 Å². The molecule has 94 heavy (non-hydrogen) atoms. The standard InChI is InChI=1S/C64H110N12O17S/c1-7-8-9-10-11-12-13-14-15-16-17-24-58(81)75(3)43-59(82)76(4)51(47-94)63(84)74(2)28-32-89-35-38-91-45-56(79)70-26-30-87-33-36-90-44-55(78)69-27-31-88-34-37-92-46-57(80)72-50(62(66)83)22-18-20-25-68-54(77)23-19-21-29-93-60-52(85-5)40-48(41-53(60)86-6)39-49-42-71-64(67)73-61(49)65/h40-42,50-51,94H,7-39,43-47H2,1-6H3,(H2,66,83)(H,68,77)(H,69,78)(H,70,79)(H,72,80)(H4,65,67,71,73)/t50-,51-/m0/s1. The number of nitrogen functional groups attached to an aromatic ring is 2. The number of carbonyl (C=O) groups excluding carboxylic acids is 8. The van der Waals surface area contributed by atoms with Gasteiger partial charge in [-0.25, -0.2) is 4.98 Å². The molecule has 29 nitrogen and oxygen atoms in total. The molecule has 10 N–H and O–H groups in total. The molecular weight excluding hydrogens is 1240 g/mol. The lowest BCUT2D eigenvalue weighted by Gasteiger charge is -2.31. The molecule has 0 aliphatic carbocycles. The Balaban J connectivity index is 1.41. The third-order valence-corrected chi connectivity index (χ3v) is 15.2. The average Bonchev–Trinajstić information content (AvgIpc) is 0.946. The van der Waals surface area contributed by atoms with Crippen molar-refractivity contribution in [3.63, 3.8) is 0 Å². The minimum atomic E-state index is -0.907. The summed E-state index contributed by atoms with van der Waals surface area (Å²) in [7, 11) is 7.83. The molecule has 0 saturated heterocycles. The number of benzene rings is 1. The van der Waals surface area contributed by atoms with Crippen LogP contribution < -0.4 is 52.7 Å². The molecule has 1 heterocycles. The molecule has 8 amide bonds. The molecule has 1 aromatic carbocycles. The van der Waals surface area contributed by atoms with Crippen molar-refractivity contribution in [3.8, 4) is 17.2 Å². The van der Waals surface area contributed by atoms with Gasteiger partial charge in [0.15, 0.2) is 11.5 Å². The number of ether oxygens (including phenoxy) is 9. The first kappa shape index (κ1) is 83.3. The molecule has 2 rings (SSSR count). The molecule has 0 bridgehead atoms. The summed E-state index contributed by atoms with van der Waals surface area (Å²) in [5.41, 5.74) is 18.7. The van der Waals surface area contributed by atoms with E-state index in [-0.39, 0.29) is 171 Å². The third-order valence-electron chi connectivity index (χ3n) is 14.8. The zero-order valence-electron chi connectivity index (χ0n) is 56.6. The second-order valence-electron chi connectivity index (χ2n) is 22.5. The lowest BCUT2D eigenvalue weighted by molar-refractivity contribution is -0.145. The third kappa shape index (κ3) is 38.5. The van der Waals surface area contributed by atoms with E-state index in [9.17, 15) is 38.4 Å². The predicted octanol–water partition coefficient (Wildman–Crippen LogP) is 2.76. The van der Waals surface area contributed by atoms with Gasteiger partial charge in [-0.1, -0.05) is 71.1 Å². The number of methoxy groups -OCH3 is 2. The summed E-state index contributed by atoms with van der Waals surface area (Å²) in [4.78, 5) is 112. The highest BCUT2D eigenvalue weighted by atomic mass is 32.1. The number of anilines is 2. The second kappa shape index (κ2) is 52.4. The summed E-state index contributed by atoms with van der Waals surface area (Å²) in [6, 6.07) is 1.91. The van der Waals surface area contributed by atoms with Crippen LogP contribution in [0.2, 0.25) is 0 Å². The number of aromatic nitrogens is 2. The van der Waals surface area contributed by atoms with Gasteiger partial charge in [-0.05, 0) is 56.2 Å². The number of unbranched alkanes of at least 4 members (excludes halogenated alkanes) is 12. The normalized spacial score (nSPS) is 11.7. The minimum absolute atomic E-state index is 0.0867. The number of nitrogens with two attached hydrogens (primary N) is 3. The van der Waals surface area contributed by atoms with Crippen molar-refractivity contribution >= 4 is 71.7 Å². The van der Waals surface area contributed by atoms with E-state index >= 15 is 0 Å². The van der Waals surface area contributed by atoms with Crippen molar-refractivity contribution in [3.05, 3.63) is 29.5 Å². The second-order valence-corrected chi connectivity index (χ2v) is 22.9. The van der Waals surface area contributed by atoms with Crippen molar-refractivity contribution in [2.75, 3.05) is 171 Å². The van der Waals surface area contributed by atoms with Crippen molar-refractivity contribution in [1.29, 1.82) is 0 Å². The van der Waals surface area contributed by atoms with Crippen molar-refractivity contribution in [2.24, 2.45) is 5.73 Å². The Morgan fingerprint density at radius 3 is 1.64 bits per heavy atom. The highest BCUT2D eigenvalue weighted by Crippen LogP contribution is 2.39. The fourth-order valence-electron chi connectivity index (χ4n) is 9.26. The molecule has 0 saturated carbocycles. The van der Waals surface area contributed by atoms with E-state index in [1.165, 1.54) is 80.3 Å². The Labute approximate surface area is 561 Å².